The van der Waals surface area contributed by atoms with Gasteiger partial charge in [-0.15, -0.1) is 11.3 Å². The molecule has 4 heterocycles. The molecule has 1 saturated heterocycles. The zero-order valence-electron chi connectivity index (χ0n) is 12.3. The number of carbonyl (C=O) groups is 1. The number of hydrogen-bond donors (Lipinski definition) is 0. The summed E-state index contributed by atoms with van der Waals surface area (Å²) in [7, 11) is 0. The van der Waals surface area contributed by atoms with Crippen molar-refractivity contribution < 1.29 is 4.79 Å². The van der Waals surface area contributed by atoms with Gasteiger partial charge in [-0.1, -0.05) is 0 Å². The molecule has 0 N–H and O–H groups in total. The molecule has 3 aromatic heterocycles. The van der Waals surface area contributed by atoms with E-state index in [1.54, 1.807) is 22.7 Å². The second kappa shape index (κ2) is 5.62. The molecule has 118 valence electrons. The van der Waals surface area contributed by atoms with Gasteiger partial charge in [-0.25, -0.2) is 4.98 Å². The molecule has 4 rings (SSSR count). The van der Waals surface area contributed by atoms with Crippen molar-refractivity contribution in [3.8, 4) is 0 Å². The average molecular weight is 329 g/mol. The summed E-state index contributed by atoms with van der Waals surface area (Å²) >= 11 is 1.37. The topological polar surface area (TPSA) is 72.5 Å². The van der Waals surface area contributed by atoms with E-state index in [9.17, 15) is 9.59 Å². The first-order valence-corrected chi connectivity index (χ1v) is 8.35. The SMILES string of the molecule is O=C(c1cnc2sccn2c1=O)N1CCCC(n2cccn2)C1. The number of piperidine rings is 1. The van der Waals surface area contributed by atoms with Gasteiger partial charge >= 0.3 is 0 Å². The fourth-order valence-corrected chi connectivity index (χ4v) is 3.67. The number of carbonyl (C=O) groups excluding carboxylic acids is 1. The molecule has 8 heteroatoms. The van der Waals surface area contributed by atoms with E-state index in [1.807, 2.05) is 16.9 Å². The average Bonchev–Trinajstić information content (AvgIpc) is 3.26. The Bertz CT molecular complexity index is 898. The summed E-state index contributed by atoms with van der Waals surface area (Å²) in [6.07, 6.45) is 8.56. The third kappa shape index (κ3) is 2.44. The number of aromatic nitrogens is 4. The lowest BCUT2D eigenvalue weighted by Gasteiger charge is -2.32. The predicted molar refractivity (Wildman–Crippen MR) is 85.7 cm³/mol. The van der Waals surface area contributed by atoms with Crippen LogP contribution in [0.5, 0.6) is 0 Å². The number of nitrogens with zero attached hydrogens (tertiary/aromatic N) is 5. The number of likely N-dealkylation sites (tertiary alicyclic amines) is 1. The van der Waals surface area contributed by atoms with Crippen molar-refractivity contribution in [1.82, 2.24) is 24.1 Å². The quantitative estimate of drug-likeness (QED) is 0.713. The molecule has 0 saturated carbocycles. The third-order valence-electron chi connectivity index (χ3n) is 4.16. The Balaban J connectivity index is 1.62. The molecule has 1 unspecified atom stereocenters. The van der Waals surface area contributed by atoms with Crippen LogP contribution in [0.3, 0.4) is 0 Å². The van der Waals surface area contributed by atoms with Gasteiger partial charge in [-0.3, -0.25) is 18.7 Å². The zero-order valence-corrected chi connectivity index (χ0v) is 13.1. The maximum Gasteiger partial charge on any atom is 0.271 e. The lowest BCUT2D eigenvalue weighted by molar-refractivity contribution is 0.0670. The molecule has 1 fully saturated rings. The first kappa shape index (κ1) is 14.1. The monoisotopic (exact) mass is 329 g/mol. The number of amides is 1. The summed E-state index contributed by atoms with van der Waals surface area (Å²) in [6.45, 7) is 1.22. The molecule has 0 radical (unpaired) electrons. The van der Waals surface area contributed by atoms with Crippen molar-refractivity contribution >= 4 is 22.2 Å². The van der Waals surface area contributed by atoms with E-state index < -0.39 is 0 Å². The lowest BCUT2D eigenvalue weighted by Crippen LogP contribution is -2.43. The number of rotatable bonds is 2. The minimum atomic E-state index is -0.303. The van der Waals surface area contributed by atoms with Crippen molar-refractivity contribution in [3.63, 3.8) is 0 Å². The summed E-state index contributed by atoms with van der Waals surface area (Å²) in [5.74, 6) is -0.250. The Hall–Kier alpha value is -2.48. The van der Waals surface area contributed by atoms with Crippen LogP contribution < -0.4 is 5.56 Å². The van der Waals surface area contributed by atoms with E-state index in [1.165, 1.54) is 21.9 Å². The number of hydrogen-bond acceptors (Lipinski definition) is 5. The number of fused-ring (bicyclic) bond motifs is 1. The van der Waals surface area contributed by atoms with Crippen molar-refractivity contribution in [1.29, 1.82) is 0 Å². The lowest BCUT2D eigenvalue weighted by atomic mass is 10.1. The molecule has 0 aromatic carbocycles. The van der Waals surface area contributed by atoms with Crippen LogP contribution in [0.15, 0.2) is 41.0 Å². The molecule has 23 heavy (non-hydrogen) atoms. The molecule has 7 nitrogen and oxygen atoms in total. The highest BCUT2D eigenvalue weighted by Gasteiger charge is 2.27. The Morgan fingerprint density at radius 3 is 3.09 bits per heavy atom. The first-order chi connectivity index (χ1) is 11.2. The van der Waals surface area contributed by atoms with Gasteiger partial charge in [0.2, 0.25) is 0 Å². The van der Waals surface area contributed by atoms with Crippen LogP contribution in [0.1, 0.15) is 29.2 Å². The summed E-state index contributed by atoms with van der Waals surface area (Å²) in [6, 6.07) is 2.03. The number of thiazole rings is 1. The fraction of sp³-hybridized carbons (Fsp3) is 0.333. The van der Waals surface area contributed by atoms with E-state index in [2.05, 4.69) is 10.1 Å². The molecule has 0 spiro atoms. The fourth-order valence-electron chi connectivity index (χ4n) is 2.99. The van der Waals surface area contributed by atoms with Crippen LogP contribution in [0.2, 0.25) is 0 Å². The zero-order chi connectivity index (χ0) is 15.8. The van der Waals surface area contributed by atoms with Crippen LogP contribution in [-0.2, 0) is 0 Å². The molecule has 1 aliphatic rings. The van der Waals surface area contributed by atoms with E-state index >= 15 is 0 Å². The molecule has 1 atom stereocenters. The van der Waals surface area contributed by atoms with Crippen LogP contribution in [-0.4, -0.2) is 43.1 Å². The molecule has 0 bridgehead atoms. The van der Waals surface area contributed by atoms with Crippen molar-refractivity contribution in [2.24, 2.45) is 0 Å². The standard InChI is InChI=1S/C15H15N5O2S/c21-13(12-9-16-15-19(14(12)22)7-8-23-15)18-5-1-3-11(10-18)20-6-2-4-17-20/h2,4,6-9,11H,1,3,5,10H2. The van der Waals surface area contributed by atoms with E-state index in [-0.39, 0.29) is 23.1 Å². The van der Waals surface area contributed by atoms with Gasteiger partial charge in [0, 0.05) is 43.3 Å². The molecule has 1 amide bonds. The molecule has 0 aliphatic carbocycles. The maximum absolute atomic E-state index is 12.7. The van der Waals surface area contributed by atoms with Gasteiger partial charge in [0.25, 0.3) is 11.5 Å². The van der Waals surface area contributed by atoms with Crippen LogP contribution >= 0.6 is 11.3 Å². The molecular formula is C15H15N5O2S. The second-order valence-corrected chi connectivity index (χ2v) is 6.44. The largest absolute Gasteiger partial charge is 0.336 e. The predicted octanol–water partition coefficient (Wildman–Crippen LogP) is 1.43. The maximum atomic E-state index is 12.7. The van der Waals surface area contributed by atoms with Crippen molar-refractivity contribution in [2.45, 2.75) is 18.9 Å². The van der Waals surface area contributed by atoms with Gasteiger partial charge in [0.1, 0.15) is 5.56 Å². The van der Waals surface area contributed by atoms with Crippen molar-refractivity contribution in [2.75, 3.05) is 13.1 Å². The summed E-state index contributed by atoms with van der Waals surface area (Å²) in [4.78, 5) is 31.7. The highest BCUT2D eigenvalue weighted by atomic mass is 32.1. The Morgan fingerprint density at radius 2 is 2.26 bits per heavy atom. The smallest absolute Gasteiger partial charge is 0.271 e. The van der Waals surface area contributed by atoms with Gasteiger partial charge < -0.3 is 4.90 Å². The van der Waals surface area contributed by atoms with Gasteiger partial charge in [0.15, 0.2) is 4.96 Å². The molecule has 3 aromatic rings. The Kier molecular flexibility index (Phi) is 3.45. The molecule has 1 aliphatic heterocycles. The normalized spacial score (nSPS) is 18.4. The highest BCUT2D eigenvalue weighted by molar-refractivity contribution is 7.15. The van der Waals surface area contributed by atoms with Gasteiger partial charge in [-0.05, 0) is 18.9 Å². The van der Waals surface area contributed by atoms with E-state index in [4.69, 9.17) is 0 Å². The molecular weight excluding hydrogens is 314 g/mol. The van der Waals surface area contributed by atoms with Gasteiger partial charge in [-0.2, -0.15) is 5.10 Å². The minimum Gasteiger partial charge on any atom is -0.336 e. The minimum absolute atomic E-state index is 0.127. The second-order valence-electron chi connectivity index (χ2n) is 5.57. The Morgan fingerprint density at radius 1 is 1.35 bits per heavy atom. The third-order valence-corrected chi connectivity index (χ3v) is 4.93. The van der Waals surface area contributed by atoms with E-state index in [0.717, 1.165) is 12.8 Å². The van der Waals surface area contributed by atoms with E-state index in [0.29, 0.717) is 18.1 Å². The van der Waals surface area contributed by atoms with Crippen LogP contribution in [0, 0.1) is 0 Å². The summed E-state index contributed by atoms with van der Waals surface area (Å²) < 4.78 is 3.31. The highest BCUT2D eigenvalue weighted by Crippen LogP contribution is 2.21. The van der Waals surface area contributed by atoms with Crippen LogP contribution in [0.25, 0.3) is 4.96 Å². The van der Waals surface area contributed by atoms with Gasteiger partial charge in [0.05, 0.1) is 6.04 Å². The first-order valence-electron chi connectivity index (χ1n) is 7.47. The van der Waals surface area contributed by atoms with Crippen molar-refractivity contribution in [3.05, 3.63) is 52.2 Å². The summed E-state index contributed by atoms with van der Waals surface area (Å²) in [5, 5.41) is 6.04. The summed E-state index contributed by atoms with van der Waals surface area (Å²) in [5.41, 5.74) is -0.176. The Labute approximate surface area is 135 Å². The van der Waals surface area contributed by atoms with Crippen LogP contribution in [0.4, 0.5) is 0 Å².